The van der Waals surface area contributed by atoms with Crippen LogP contribution in [-0.2, 0) is 0 Å². The van der Waals surface area contributed by atoms with Crippen molar-refractivity contribution in [3.8, 4) is 6.07 Å². The van der Waals surface area contributed by atoms with E-state index < -0.39 is 0 Å². The maximum absolute atomic E-state index is 8.66. The summed E-state index contributed by atoms with van der Waals surface area (Å²) in [5, 5.41) is 8.66. The predicted octanol–water partition coefficient (Wildman–Crippen LogP) is 3.12. The third kappa shape index (κ3) is 2.55. The number of pyridine rings is 1. The molecule has 0 amide bonds. The van der Waals surface area contributed by atoms with Gasteiger partial charge >= 0.3 is 0 Å². The first kappa shape index (κ1) is 10.1. The summed E-state index contributed by atoms with van der Waals surface area (Å²) in [5.74, 6) is 0. The van der Waals surface area contributed by atoms with Gasteiger partial charge in [-0.25, -0.2) is 0 Å². The van der Waals surface area contributed by atoms with Crippen LogP contribution in [0.15, 0.2) is 48.7 Å². The molecule has 2 heteroatoms. The molecule has 1 aromatic heterocycles. The molecular formula is C14H10N2. The SMILES string of the molecule is N#Cc1ccc(C=Cc2ccccn2)cc1. The summed E-state index contributed by atoms with van der Waals surface area (Å²) in [6, 6.07) is 15.3. The smallest absolute Gasteiger partial charge is 0.0991 e. The lowest BCUT2D eigenvalue weighted by Gasteiger charge is -1.93. The molecule has 0 aliphatic rings. The second-order valence-electron chi connectivity index (χ2n) is 3.32. The molecule has 0 saturated heterocycles. The third-order valence-electron chi connectivity index (χ3n) is 2.17. The normalized spacial score (nSPS) is 10.2. The minimum absolute atomic E-state index is 0.676. The molecule has 0 radical (unpaired) electrons. The molecule has 0 saturated carbocycles. The van der Waals surface area contributed by atoms with E-state index in [1.165, 1.54) is 0 Å². The molecule has 2 nitrogen and oxygen atoms in total. The second-order valence-corrected chi connectivity index (χ2v) is 3.32. The molecule has 16 heavy (non-hydrogen) atoms. The van der Waals surface area contributed by atoms with Crippen LogP contribution in [0.2, 0.25) is 0 Å². The first-order valence-electron chi connectivity index (χ1n) is 4.98. The fraction of sp³-hybridized carbons (Fsp3) is 0. The van der Waals surface area contributed by atoms with Crippen LogP contribution in [0.1, 0.15) is 16.8 Å². The average molecular weight is 206 g/mol. The summed E-state index contributed by atoms with van der Waals surface area (Å²) in [7, 11) is 0. The minimum Gasteiger partial charge on any atom is -0.257 e. The van der Waals surface area contributed by atoms with Gasteiger partial charge in [0.2, 0.25) is 0 Å². The molecule has 0 unspecified atom stereocenters. The minimum atomic E-state index is 0.676. The van der Waals surface area contributed by atoms with Gasteiger partial charge in [-0.15, -0.1) is 0 Å². The van der Waals surface area contributed by atoms with Gasteiger partial charge in [-0.05, 0) is 35.9 Å². The van der Waals surface area contributed by atoms with Gasteiger partial charge in [-0.3, -0.25) is 4.98 Å². The van der Waals surface area contributed by atoms with E-state index >= 15 is 0 Å². The van der Waals surface area contributed by atoms with E-state index in [9.17, 15) is 0 Å². The lowest BCUT2D eigenvalue weighted by atomic mass is 10.1. The first-order valence-corrected chi connectivity index (χ1v) is 4.98. The molecule has 1 aromatic carbocycles. The van der Waals surface area contributed by atoms with Crippen molar-refractivity contribution in [1.82, 2.24) is 4.98 Å². The van der Waals surface area contributed by atoms with Gasteiger partial charge in [-0.2, -0.15) is 5.26 Å². The van der Waals surface area contributed by atoms with Crippen molar-refractivity contribution in [3.05, 3.63) is 65.5 Å². The summed E-state index contributed by atoms with van der Waals surface area (Å²) < 4.78 is 0. The maximum Gasteiger partial charge on any atom is 0.0991 e. The summed E-state index contributed by atoms with van der Waals surface area (Å²) in [4.78, 5) is 4.19. The Kier molecular flexibility index (Phi) is 3.10. The zero-order valence-corrected chi connectivity index (χ0v) is 8.67. The Morgan fingerprint density at radius 2 is 1.81 bits per heavy atom. The number of nitrogens with zero attached hydrogens (tertiary/aromatic N) is 2. The zero-order chi connectivity index (χ0) is 11.2. The Labute approximate surface area is 94.5 Å². The van der Waals surface area contributed by atoms with Crippen LogP contribution in [0.4, 0.5) is 0 Å². The Balaban J connectivity index is 2.15. The Morgan fingerprint density at radius 3 is 2.44 bits per heavy atom. The van der Waals surface area contributed by atoms with Gasteiger partial charge in [0.25, 0.3) is 0 Å². The molecule has 2 aromatic rings. The number of hydrogen-bond donors (Lipinski definition) is 0. The van der Waals surface area contributed by atoms with Gasteiger partial charge < -0.3 is 0 Å². The van der Waals surface area contributed by atoms with E-state index in [1.807, 2.05) is 42.5 Å². The van der Waals surface area contributed by atoms with E-state index in [4.69, 9.17) is 5.26 Å². The number of benzene rings is 1. The van der Waals surface area contributed by atoms with Gasteiger partial charge in [0.05, 0.1) is 17.3 Å². The largest absolute Gasteiger partial charge is 0.257 e. The molecule has 0 aliphatic carbocycles. The van der Waals surface area contributed by atoms with Crippen molar-refractivity contribution in [3.63, 3.8) is 0 Å². The van der Waals surface area contributed by atoms with E-state index in [-0.39, 0.29) is 0 Å². The molecule has 0 aliphatic heterocycles. The van der Waals surface area contributed by atoms with Crippen LogP contribution in [0.5, 0.6) is 0 Å². The molecule has 0 bridgehead atoms. The van der Waals surface area contributed by atoms with Gasteiger partial charge in [0.15, 0.2) is 0 Å². The number of rotatable bonds is 2. The Bertz CT molecular complexity index is 519. The lowest BCUT2D eigenvalue weighted by Crippen LogP contribution is -1.77. The van der Waals surface area contributed by atoms with Crippen molar-refractivity contribution in [2.45, 2.75) is 0 Å². The quantitative estimate of drug-likeness (QED) is 0.756. The lowest BCUT2D eigenvalue weighted by molar-refractivity contribution is 1.30. The molecule has 0 atom stereocenters. The highest BCUT2D eigenvalue weighted by atomic mass is 14.6. The van der Waals surface area contributed by atoms with Crippen LogP contribution in [-0.4, -0.2) is 4.98 Å². The fourth-order valence-electron chi connectivity index (χ4n) is 1.32. The zero-order valence-electron chi connectivity index (χ0n) is 8.67. The fourth-order valence-corrected chi connectivity index (χ4v) is 1.32. The van der Waals surface area contributed by atoms with Crippen LogP contribution in [0.25, 0.3) is 12.2 Å². The maximum atomic E-state index is 8.66. The van der Waals surface area contributed by atoms with E-state index in [0.717, 1.165) is 11.3 Å². The molecule has 0 N–H and O–H groups in total. The molecule has 0 fully saturated rings. The molecular weight excluding hydrogens is 196 g/mol. The van der Waals surface area contributed by atoms with Crippen molar-refractivity contribution in [2.75, 3.05) is 0 Å². The highest BCUT2D eigenvalue weighted by Gasteiger charge is 1.90. The number of aromatic nitrogens is 1. The summed E-state index contributed by atoms with van der Waals surface area (Å²) in [5.41, 5.74) is 2.66. The highest BCUT2D eigenvalue weighted by Crippen LogP contribution is 2.07. The summed E-state index contributed by atoms with van der Waals surface area (Å²) >= 11 is 0. The van der Waals surface area contributed by atoms with Crippen molar-refractivity contribution < 1.29 is 0 Å². The average Bonchev–Trinajstić information content (AvgIpc) is 2.38. The Morgan fingerprint density at radius 1 is 1.00 bits per heavy atom. The van der Waals surface area contributed by atoms with Crippen LogP contribution in [0.3, 0.4) is 0 Å². The standard InChI is InChI=1S/C14H10N2/c15-11-13-6-4-12(5-7-13)8-9-14-3-1-2-10-16-14/h1-10H. The molecule has 76 valence electrons. The van der Waals surface area contributed by atoms with Gasteiger partial charge in [-0.1, -0.05) is 24.3 Å². The third-order valence-corrected chi connectivity index (χ3v) is 2.17. The van der Waals surface area contributed by atoms with Gasteiger partial charge in [0, 0.05) is 6.20 Å². The molecule has 0 spiro atoms. The predicted molar refractivity (Wildman–Crippen MR) is 64.3 cm³/mol. The van der Waals surface area contributed by atoms with Crippen LogP contribution in [0, 0.1) is 11.3 Å². The van der Waals surface area contributed by atoms with Crippen LogP contribution < -0.4 is 0 Å². The number of hydrogen-bond acceptors (Lipinski definition) is 2. The molecule has 2 rings (SSSR count). The molecule has 1 heterocycles. The highest BCUT2D eigenvalue weighted by molar-refractivity contribution is 5.68. The summed E-state index contributed by atoms with van der Waals surface area (Å²) in [6.45, 7) is 0. The van der Waals surface area contributed by atoms with Crippen LogP contribution >= 0.6 is 0 Å². The number of nitriles is 1. The monoisotopic (exact) mass is 206 g/mol. The van der Waals surface area contributed by atoms with Crippen molar-refractivity contribution in [2.24, 2.45) is 0 Å². The van der Waals surface area contributed by atoms with E-state index in [0.29, 0.717) is 5.56 Å². The van der Waals surface area contributed by atoms with Crippen molar-refractivity contribution in [1.29, 1.82) is 5.26 Å². The van der Waals surface area contributed by atoms with E-state index in [1.54, 1.807) is 18.3 Å². The Hall–Kier alpha value is -2.40. The van der Waals surface area contributed by atoms with Gasteiger partial charge in [0.1, 0.15) is 0 Å². The second kappa shape index (κ2) is 4.90. The first-order chi connectivity index (χ1) is 7.88. The van der Waals surface area contributed by atoms with E-state index in [2.05, 4.69) is 11.1 Å². The summed E-state index contributed by atoms with van der Waals surface area (Å²) in [6.07, 6.45) is 5.68. The topological polar surface area (TPSA) is 36.7 Å². The van der Waals surface area contributed by atoms with Crippen molar-refractivity contribution >= 4 is 12.2 Å².